The van der Waals surface area contributed by atoms with Crippen molar-refractivity contribution in [3.63, 3.8) is 0 Å². The fraction of sp³-hybridized carbons (Fsp3) is 0.778. The number of carbonyl (C=O) groups is 1. The van der Waals surface area contributed by atoms with Crippen LogP contribution >= 0.6 is 0 Å². The molecule has 2 atom stereocenters. The molecule has 5 nitrogen and oxygen atoms in total. The molecule has 0 aromatic heterocycles. The van der Waals surface area contributed by atoms with Gasteiger partial charge in [0.2, 0.25) is 5.91 Å². The highest BCUT2D eigenvalue weighted by Gasteiger charge is 2.31. The van der Waals surface area contributed by atoms with E-state index in [-0.39, 0.29) is 6.54 Å². The van der Waals surface area contributed by atoms with Crippen LogP contribution in [0.1, 0.15) is 20.3 Å². The molecule has 0 saturated carbocycles. The van der Waals surface area contributed by atoms with Crippen molar-refractivity contribution in [1.29, 1.82) is 5.26 Å². The summed E-state index contributed by atoms with van der Waals surface area (Å²) in [5.41, 5.74) is -1.06. The van der Waals surface area contributed by atoms with Crippen LogP contribution in [0.15, 0.2) is 0 Å². The predicted octanol–water partition coefficient (Wildman–Crippen LogP) is -0.604. The maximum atomic E-state index is 11.4. The molecule has 0 aromatic carbocycles. The average molecular weight is 200 g/mol. The molecule has 0 aliphatic rings. The van der Waals surface area contributed by atoms with Crippen molar-refractivity contribution in [3.8, 4) is 6.07 Å². The molecule has 0 aliphatic heterocycles. The van der Waals surface area contributed by atoms with Gasteiger partial charge in [-0.15, -0.1) is 0 Å². The van der Waals surface area contributed by atoms with Crippen LogP contribution in [0.4, 0.5) is 0 Å². The summed E-state index contributed by atoms with van der Waals surface area (Å²) in [7, 11) is 0. The molecule has 0 spiro atoms. The van der Waals surface area contributed by atoms with Gasteiger partial charge in [0.15, 0.2) is 0 Å². The molecule has 0 heterocycles. The van der Waals surface area contributed by atoms with Gasteiger partial charge in [-0.1, -0.05) is 6.92 Å². The minimum absolute atomic E-state index is 0.0351. The summed E-state index contributed by atoms with van der Waals surface area (Å²) in [6.07, 6.45) is -0.566. The first-order chi connectivity index (χ1) is 6.50. The standard InChI is InChI=1S/C9H16N2O3/c1-3-9(2,6-10)8(14)11-4-7(13)5-12/h7,12-13H,3-5H2,1-2H3,(H,11,14). The van der Waals surface area contributed by atoms with Crippen molar-refractivity contribution in [2.24, 2.45) is 5.41 Å². The SMILES string of the molecule is CCC(C)(C#N)C(=O)NCC(O)CO. The highest BCUT2D eigenvalue weighted by atomic mass is 16.3. The van der Waals surface area contributed by atoms with Crippen molar-refractivity contribution < 1.29 is 15.0 Å². The van der Waals surface area contributed by atoms with Gasteiger partial charge in [0, 0.05) is 6.54 Å². The van der Waals surface area contributed by atoms with E-state index in [0.717, 1.165) is 0 Å². The Morgan fingerprint density at radius 1 is 1.71 bits per heavy atom. The summed E-state index contributed by atoms with van der Waals surface area (Å²) in [4.78, 5) is 11.4. The van der Waals surface area contributed by atoms with E-state index in [4.69, 9.17) is 15.5 Å². The fourth-order valence-corrected chi connectivity index (χ4v) is 0.761. The van der Waals surface area contributed by atoms with Gasteiger partial charge in [0.1, 0.15) is 5.41 Å². The van der Waals surface area contributed by atoms with Gasteiger partial charge < -0.3 is 15.5 Å². The van der Waals surface area contributed by atoms with Gasteiger partial charge in [-0.05, 0) is 13.3 Å². The molecule has 1 amide bonds. The number of nitrogens with one attached hydrogen (secondary N) is 1. The van der Waals surface area contributed by atoms with E-state index < -0.39 is 24.0 Å². The van der Waals surface area contributed by atoms with Crippen LogP contribution < -0.4 is 5.32 Å². The minimum Gasteiger partial charge on any atom is -0.394 e. The molecule has 2 unspecified atom stereocenters. The number of amides is 1. The summed E-state index contributed by atoms with van der Waals surface area (Å²) in [5, 5.41) is 28.6. The number of hydrogen-bond acceptors (Lipinski definition) is 4. The number of nitrogens with zero attached hydrogens (tertiary/aromatic N) is 1. The van der Waals surface area contributed by atoms with E-state index in [2.05, 4.69) is 5.32 Å². The van der Waals surface area contributed by atoms with Crippen LogP contribution in [0.2, 0.25) is 0 Å². The Bertz CT molecular complexity index is 237. The molecular weight excluding hydrogens is 184 g/mol. The number of aliphatic hydroxyl groups is 2. The normalized spacial score (nSPS) is 16.5. The molecule has 0 aromatic rings. The lowest BCUT2D eigenvalue weighted by Crippen LogP contribution is -2.42. The van der Waals surface area contributed by atoms with Crippen LogP contribution in [0.3, 0.4) is 0 Å². The second-order valence-electron chi connectivity index (χ2n) is 3.34. The van der Waals surface area contributed by atoms with E-state index in [9.17, 15) is 4.79 Å². The third kappa shape index (κ3) is 3.32. The summed E-state index contributed by atoms with van der Waals surface area (Å²) in [5.74, 6) is -0.421. The molecule has 0 saturated heterocycles. The van der Waals surface area contributed by atoms with Crippen LogP contribution in [-0.2, 0) is 4.79 Å². The Kier molecular flexibility index (Phi) is 5.13. The number of rotatable bonds is 5. The predicted molar refractivity (Wildman–Crippen MR) is 50.1 cm³/mol. The zero-order chi connectivity index (χ0) is 11.2. The van der Waals surface area contributed by atoms with Gasteiger partial charge in [-0.2, -0.15) is 5.26 Å². The van der Waals surface area contributed by atoms with E-state index in [1.807, 2.05) is 6.07 Å². The number of carbonyl (C=O) groups excluding carboxylic acids is 1. The topological polar surface area (TPSA) is 93.4 Å². The third-order valence-corrected chi connectivity index (χ3v) is 2.16. The van der Waals surface area contributed by atoms with Crippen molar-refractivity contribution in [3.05, 3.63) is 0 Å². The van der Waals surface area contributed by atoms with Crippen molar-refractivity contribution >= 4 is 5.91 Å². The molecule has 0 rings (SSSR count). The zero-order valence-corrected chi connectivity index (χ0v) is 8.45. The largest absolute Gasteiger partial charge is 0.394 e. The van der Waals surface area contributed by atoms with E-state index in [0.29, 0.717) is 6.42 Å². The summed E-state index contributed by atoms with van der Waals surface area (Å²) < 4.78 is 0. The highest BCUT2D eigenvalue weighted by molar-refractivity contribution is 5.84. The first-order valence-corrected chi connectivity index (χ1v) is 4.48. The van der Waals surface area contributed by atoms with E-state index in [1.54, 1.807) is 6.92 Å². The Morgan fingerprint density at radius 3 is 2.64 bits per heavy atom. The van der Waals surface area contributed by atoms with Gasteiger partial charge in [0.25, 0.3) is 0 Å². The first kappa shape index (κ1) is 12.9. The van der Waals surface area contributed by atoms with Crippen molar-refractivity contribution in [2.75, 3.05) is 13.2 Å². The summed E-state index contributed by atoms with van der Waals surface area (Å²) >= 11 is 0. The van der Waals surface area contributed by atoms with Crippen LogP contribution in [0, 0.1) is 16.7 Å². The third-order valence-electron chi connectivity index (χ3n) is 2.16. The van der Waals surface area contributed by atoms with E-state index in [1.165, 1.54) is 6.92 Å². The molecule has 14 heavy (non-hydrogen) atoms. The maximum absolute atomic E-state index is 11.4. The van der Waals surface area contributed by atoms with Crippen molar-refractivity contribution in [2.45, 2.75) is 26.4 Å². The van der Waals surface area contributed by atoms with Crippen molar-refractivity contribution in [1.82, 2.24) is 5.32 Å². The number of aliphatic hydroxyl groups excluding tert-OH is 2. The molecule has 80 valence electrons. The lowest BCUT2D eigenvalue weighted by Gasteiger charge is -2.19. The van der Waals surface area contributed by atoms with Crippen LogP contribution in [0.5, 0.6) is 0 Å². The monoisotopic (exact) mass is 200 g/mol. The highest BCUT2D eigenvalue weighted by Crippen LogP contribution is 2.19. The molecule has 3 N–H and O–H groups in total. The Hall–Kier alpha value is -1.12. The van der Waals surface area contributed by atoms with Gasteiger partial charge in [0.05, 0.1) is 18.8 Å². The Balaban J connectivity index is 4.15. The molecule has 0 fully saturated rings. The molecule has 0 radical (unpaired) electrons. The smallest absolute Gasteiger partial charge is 0.240 e. The van der Waals surface area contributed by atoms with Crippen LogP contribution in [0.25, 0.3) is 0 Å². The quantitative estimate of drug-likeness (QED) is 0.552. The van der Waals surface area contributed by atoms with Gasteiger partial charge >= 0.3 is 0 Å². The number of hydrogen-bond donors (Lipinski definition) is 3. The minimum atomic E-state index is -1.06. The summed E-state index contributed by atoms with van der Waals surface area (Å²) in [6.45, 7) is 2.83. The average Bonchev–Trinajstić information content (AvgIpc) is 2.23. The second-order valence-corrected chi connectivity index (χ2v) is 3.34. The lowest BCUT2D eigenvalue weighted by atomic mass is 9.88. The molecule has 0 bridgehead atoms. The molecule has 0 aliphatic carbocycles. The van der Waals surface area contributed by atoms with Gasteiger partial charge in [-0.3, -0.25) is 4.79 Å². The maximum Gasteiger partial charge on any atom is 0.240 e. The number of nitriles is 1. The first-order valence-electron chi connectivity index (χ1n) is 4.48. The Labute approximate surface area is 83.4 Å². The zero-order valence-electron chi connectivity index (χ0n) is 8.45. The molecular formula is C9H16N2O3. The Morgan fingerprint density at radius 2 is 2.29 bits per heavy atom. The van der Waals surface area contributed by atoms with Crippen LogP contribution in [-0.4, -0.2) is 35.4 Å². The molecule has 5 heteroatoms. The van der Waals surface area contributed by atoms with E-state index >= 15 is 0 Å². The van der Waals surface area contributed by atoms with Gasteiger partial charge in [-0.25, -0.2) is 0 Å². The summed E-state index contributed by atoms with van der Waals surface area (Å²) in [6, 6.07) is 1.91. The lowest BCUT2D eigenvalue weighted by molar-refractivity contribution is -0.128. The fourth-order valence-electron chi connectivity index (χ4n) is 0.761. The second kappa shape index (κ2) is 5.58.